The lowest BCUT2D eigenvalue weighted by atomic mass is 9.69. The number of rotatable bonds is 4. The third-order valence-electron chi connectivity index (χ3n) is 5.35. The van der Waals surface area contributed by atoms with Crippen molar-refractivity contribution in [2.75, 3.05) is 5.75 Å². The summed E-state index contributed by atoms with van der Waals surface area (Å²) in [5, 5.41) is 5.19. The molecule has 0 fully saturated rings. The van der Waals surface area contributed by atoms with Crippen molar-refractivity contribution in [3.05, 3.63) is 58.4 Å². The molecule has 4 rings (SSSR count). The summed E-state index contributed by atoms with van der Waals surface area (Å²) in [6.45, 7) is 8.07. The van der Waals surface area contributed by atoms with Crippen LogP contribution in [0.1, 0.15) is 31.4 Å². The van der Waals surface area contributed by atoms with Gasteiger partial charge in [0.2, 0.25) is 5.78 Å². The van der Waals surface area contributed by atoms with E-state index < -0.39 is 0 Å². The first-order valence-corrected chi connectivity index (χ1v) is 9.81. The molecule has 1 aliphatic carbocycles. The maximum absolute atomic E-state index is 13.6. The van der Waals surface area contributed by atoms with E-state index in [1.165, 1.54) is 17.3 Å². The van der Waals surface area contributed by atoms with Gasteiger partial charge in [-0.3, -0.25) is 4.79 Å². The van der Waals surface area contributed by atoms with Crippen molar-refractivity contribution in [2.24, 2.45) is 7.05 Å². The van der Waals surface area contributed by atoms with Gasteiger partial charge in [0, 0.05) is 23.8 Å². The van der Waals surface area contributed by atoms with Gasteiger partial charge in [0.1, 0.15) is 0 Å². The lowest BCUT2D eigenvalue weighted by Crippen LogP contribution is -2.37. The van der Waals surface area contributed by atoms with E-state index in [2.05, 4.69) is 43.7 Å². The molecular weight excluding hydrogens is 344 g/mol. The normalized spacial score (nSPS) is 18.6. The van der Waals surface area contributed by atoms with E-state index in [1.807, 2.05) is 19.2 Å². The summed E-state index contributed by atoms with van der Waals surface area (Å²) in [5.74, 6) is 1.28. The van der Waals surface area contributed by atoms with Crippen LogP contribution in [0.3, 0.4) is 0 Å². The van der Waals surface area contributed by atoms with Gasteiger partial charge in [0.15, 0.2) is 5.16 Å². The minimum Gasteiger partial charge on any atom is -0.268 e. The number of hydrogen-bond acceptors (Lipinski definition) is 4. The van der Waals surface area contributed by atoms with E-state index in [1.54, 1.807) is 9.08 Å². The van der Waals surface area contributed by atoms with Crippen LogP contribution in [0, 0.1) is 0 Å². The molecule has 6 heteroatoms. The minimum absolute atomic E-state index is 0.00325. The zero-order chi connectivity index (χ0) is 18.5. The molecule has 5 nitrogen and oxygen atoms in total. The molecule has 0 N–H and O–H groups in total. The highest BCUT2D eigenvalue weighted by Gasteiger charge is 2.38. The van der Waals surface area contributed by atoms with E-state index in [0.29, 0.717) is 16.7 Å². The lowest BCUT2D eigenvalue weighted by molar-refractivity contribution is 0.439. The van der Waals surface area contributed by atoms with Crippen LogP contribution in [0.4, 0.5) is 0 Å². The molecule has 0 saturated heterocycles. The van der Waals surface area contributed by atoms with Crippen molar-refractivity contribution in [2.45, 2.75) is 37.3 Å². The summed E-state index contributed by atoms with van der Waals surface area (Å²) in [5.41, 5.74) is 3.71. The van der Waals surface area contributed by atoms with Crippen molar-refractivity contribution in [3.63, 3.8) is 0 Å². The smallest absolute Gasteiger partial charge is 0.265 e. The molecule has 2 aromatic heterocycles. The monoisotopic (exact) mass is 366 g/mol. The third kappa shape index (κ3) is 2.35. The number of nitrogens with zero attached hydrogens (tertiary/aromatic N) is 4. The predicted molar refractivity (Wildman–Crippen MR) is 106 cm³/mol. The van der Waals surface area contributed by atoms with Gasteiger partial charge in [-0.2, -0.15) is 0 Å². The van der Waals surface area contributed by atoms with Gasteiger partial charge in [-0.05, 0) is 18.4 Å². The Kier molecular flexibility index (Phi) is 4.03. The van der Waals surface area contributed by atoms with E-state index in [0.717, 1.165) is 29.7 Å². The Hall–Kier alpha value is -2.34. The fourth-order valence-electron chi connectivity index (χ4n) is 3.80. The van der Waals surface area contributed by atoms with Crippen molar-refractivity contribution >= 4 is 17.5 Å². The molecule has 0 aliphatic heterocycles. The molecular formula is C20H22N4OS. The first kappa shape index (κ1) is 17.1. The van der Waals surface area contributed by atoms with Crippen LogP contribution in [-0.2, 0) is 18.9 Å². The maximum atomic E-state index is 13.6. The highest BCUT2D eigenvalue weighted by molar-refractivity contribution is 7.99. The van der Waals surface area contributed by atoms with Crippen LogP contribution < -0.4 is 5.56 Å². The number of aromatic nitrogens is 4. The third-order valence-corrected chi connectivity index (χ3v) is 6.27. The summed E-state index contributed by atoms with van der Waals surface area (Å²) in [6, 6.07) is 8.27. The van der Waals surface area contributed by atoms with Crippen molar-refractivity contribution in [3.8, 4) is 11.3 Å². The molecule has 1 aromatic carbocycles. The Morgan fingerprint density at radius 1 is 1.38 bits per heavy atom. The van der Waals surface area contributed by atoms with Gasteiger partial charge in [-0.15, -0.1) is 11.7 Å². The topological polar surface area (TPSA) is 52.2 Å². The molecule has 26 heavy (non-hydrogen) atoms. The van der Waals surface area contributed by atoms with E-state index in [4.69, 9.17) is 4.98 Å². The summed E-state index contributed by atoms with van der Waals surface area (Å²) in [4.78, 5) is 18.5. The Morgan fingerprint density at radius 2 is 2.15 bits per heavy atom. The van der Waals surface area contributed by atoms with Crippen LogP contribution in [-0.4, -0.2) is 24.9 Å². The summed E-state index contributed by atoms with van der Waals surface area (Å²) in [7, 11) is 1.83. The fraction of sp³-hybridized carbons (Fsp3) is 0.350. The largest absolute Gasteiger partial charge is 0.268 e. The predicted octanol–water partition coefficient (Wildman–Crippen LogP) is 3.60. The molecule has 0 unspecified atom stereocenters. The second-order valence-electron chi connectivity index (χ2n) is 7.03. The number of thioether (sulfide) groups is 1. The van der Waals surface area contributed by atoms with Crippen LogP contribution in [0.2, 0.25) is 0 Å². The Balaban J connectivity index is 2.10. The molecule has 1 aliphatic rings. The molecule has 0 spiro atoms. The molecule has 134 valence electrons. The number of hydrogen-bond donors (Lipinski definition) is 0. The van der Waals surface area contributed by atoms with Crippen molar-refractivity contribution in [1.82, 2.24) is 19.2 Å². The van der Waals surface area contributed by atoms with Crippen molar-refractivity contribution < 1.29 is 0 Å². The molecule has 0 amide bonds. The van der Waals surface area contributed by atoms with Crippen LogP contribution in [0.5, 0.6) is 0 Å². The lowest BCUT2D eigenvalue weighted by Gasteiger charge is -2.34. The second-order valence-corrected chi connectivity index (χ2v) is 8.02. The average Bonchev–Trinajstić information content (AvgIpc) is 2.96. The average molecular weight is 366 g/mol. The van der Waals surface area contributed by atoms with Gasteiger partial charge in [0.25, 0.3) is 5.56 Å². The minimum atomic E-state index is -0.231. The quantitative estimate of drug-likeness (QED) is 0.523. The zero-order valence-corrected chi connectivity index (χ0v) is 16.1. The molecule has 1 atom stereocenters. The highest BCUT2D eigenvalue weighted by Crippen LogP contribution is 2.42. The van der Waals surface area contributed by atoms with Gasteiger partial charge < -0.3 is 0 Å². The number of fused-ring (bicyclic) bond motifs is 4. The van der Waals surface area contributed by atoms with Crippen LogP contribution in [0.15, 0.2) is 46.9 Å². The Labute approximate surface area is 156 Å². The standard InChI is InChI=1S/C20H22N4OS/c1-5-11-26-19-22-23(4)18-21-16-14-10-8-7-9-13(14)12-20(3,6-2)15(16)17(25)24(18)19/h5,7-10H,1,6,11-12H2,2-4H3/t20-/m0/s1. The maximum Gasteiger partial charge on any atom is 0.265 e. The first-order valence-electron chi connectivity index (χ1n) is 8.82. The van der Waals surface area contributed by atoms with E-state index in [-0.39, 0.29) is 11.0 Å². The van der Waals surface area contributed by atoms with Gasteiger partial charge in [-0.1, -0.05) is 56.0 Å². The van der Waals surface area contributed by atoms with E-state index >= 15 is 0 Å². The van der Waals surface area contributed by atoms with E-state index in [9.17, 15) is 4.79 Å². The van der Waals surface area contributed by atoms with Crippen molar-refractivity contribution in [1.29, 1.82) is 0 Å². The van der Waals surface area contributed by atoms with Crippen LogP contribution >= 0.6 is 11.8 Å². The summed E-state index contributed by atoms with van der Waals surface area (Å²) < 4.78 is 3.35. The zero-order valence-electron chi connectivity index (χ0n) is 15.3. The van der Waals surface area contributed by atoms with Gasteiger partial charge in [0.05, 0.1) is 11.3 Å². The number of aryl methyl sites for hydroxylation is 1. The molecule has 0 saturated carbocycles. The Bertz CT molecular complexity index is 1080. The number of benzene rings is 1. The first-order chi connectivity index (χ1) is 12.5. The molecule has 0 radical (unpaired) electrons. The highest BCUT2D eigenvalue weighted by atomic mass is 32.2. The molecule has 2 heterocycles. The molecule has 3 aromatic rings. The summed E-state index contributed by atoms with van der Waals surface area (Å²) >= 11 is 1.50. The van der Waals surface area contributed by atoms with Gasteiger partial charge >= 0.3 is 0 Å². The fourth-order valence-corrected chi connectivity index (χ4v) is 4.54. The Morgan fingerprint density at radius 3 is 2.88 bits per heavy atom. The summed E-state index contributed by atoms with van der Waals surface area (Å²) in [6.07, 6.45) is 3.55. The molecule has 0 bridgehead atoms. The SMILES string of the molecule is C=CCSc1nn(C)c2nc3c(c(=O)n12)[C@@](C)(CC)Cc1ccccc1-3. The van der Waals surface area contributed by atoms with Crippen LogP contribution in [0.25, 0.3) is 17.0 Å². The second kappa shape index (κ2) is 6.13. The van der Waals surface area contributed by atoms with Gasteiger partial charge in [-0.25, -0.2) is 14.1 Å².